The van der Waals surface area contributed by atoms with Gasteiger partial charge in [0.2, 0.25) is 0 Å². The molecule has 0 N–H and O–H groups in total. The number of thiocarbonyl (C=S) groups is 1. The van der Waals surface area contributed by atoms with E-state index in [0.717, 1.165) is 45.1 Å². The number of benzene rings is 1. The first-order chi connectivity index (χ1) is 14.1. The predicted octanol–water partition coefficient (Wildman–Crippen LogP) is 5.15. The SMILES string of the molecule is O=C(CSC(=S)N1CCSCC1)N1N=C(c2cccs2)C[C@@H]1c1ccc(Cl)cc1. The second kappa shape index (κ2) is 9.83. The van der Waals surface area contributed by atoms with E-state index in [2.05, 4.69) is 11.0 Å². The average Bonchev–Trinajstić information content (AvgIpc) is 3.43. The van der Waals surface area contributed by atoms with Crippen LogP contribution in [0.25, 0.3) is 0 Å². The molecule has 1 aromatic carbocycles. The number of carbonyl (C=O) groups excluding carboxylic acids is 1. The van der Waals surface area contributed by atoms with Gasteiger partial charge >= 0.3 is 0 Å². The summed E-state index contributed by atoms with van der Waals surface area (Å²) in [6.07, 6.45) is 0.701. The summed E-state index contributed by atoms with van der Waals surface area (Å²) in [6.45, 7) is 1.92. The number of carbonyl (C=O) groups is 1. The number of thioether (sulfide) groups is 2. The van der Waals surface area contributed by atoms with Gasteiger partial charge in [0.25, 0.3) is 5.91 Å². The Morgan fingerprint density at radius 2 is 2.00 bits per heavy atom. The highest BCUT2D eigenvalue weighted by Gasteiger charge is 2.33. The maximum Gasteiger partial charge on any atom is 0.253 e. The number of halogens is 1. The fourth-order valence-electron chi connectivity index (χ4n) is 3.30. The van der Waals surface area contributed by atoms with Crippen LogP contribution in [0.5, 0.6) is 0 Å². The molecule has 9 heteroatoms. The molecule has 0 aliphatic carbocycles. The number of rotatable bonds is 4. The molecule has 0 saturated carbocycles. The maximum atomic E-state index is 13.1. The first kappa shape index (κ1) is 21.2. The van der Waals surface area contributed by atoms with Gasteiger partial charge in [0.1, 0.15) is 4.32 Å². The molecule has 0 unspecified atom stereocenters. The van der Waals surface area contributed by atoms with Crippen LogP contribution in [0.4, 0.5) is 0 Å². The third-order valence-corrected chi connectivity index (χ3v) is 8.44. The Bertz CT molecular complexity index is 895. The fourth-order valence-corrected chi connectivity index (χ4v) is 6.16. The Morgan fingerprint density at radius 3 is 2.69 bits per heavy atom. The third-order valence-electron chi connectivity index (χ3n) is 4.81. The van der Waals surface area contributed by atoms with Crippen LogP contribution in [0.15, 0.2) is 46.9 Å². The minimum Gasteiger partial charge on any atom is -0.356 e. The zero-order chi connectivity index (χ0) is 20.2. The zero-order valence-electron chi connectivity index (χ0n) is 15.6. The second-order valence-electron chi connectivity index (χ2n) is 6.69. The first-order valence-electron chi connectivity index (χ1n) is 9.30. The standard InChI is InChI=1S/C20H20ClN3OS4/c21-15-5-3-14(4-6-15)17-12-16(18-2-1-9-28-18)22-24(17)19(25)13-29-20(26)23-7-10-27-11-8-23/h1-6,9,17H,7-8,10-13H2/t17-/m1/s1. The lowest BCUT2D eigenvalue weighted by Gasteiger charge is -2.28. The molecule has 2 aromatic rings. The van der Waals surface area contributed by atoms with Crippen molar-refractivity contribution < 1.29 is 4.79 Å². The monoisotopic (exact) mass is 481 g/mol. The molecule has 0 bridgehead atoms. The van der Waals surface area contributed by atoms with Gasteiger partial charge in [-0.25, -0.2) is 5.01 Å². The summed E-state index contributed by atoms with van der Waals surface area (Å²) >= 11 is 16.6. The van der Waals surface area contributed by atoms with Gasteiger partial charge in [0.05, 0.1) is 22.4 Å². The van der Waals surface area contributed by atoms with Crippen LogP contribution < -0.4 is 0 Å². The van der Waals surface area contributed by atoms with Crippen molar-refractivity contribution in [1.29, 1.82) is 0 Å². The Morgan fingerprint density at radius 1 is 1.24 bits per heavy atom. The van der Waals surface area contributed by atoms with Gasteiger partial charge in [0.15, 0.2) is 0 Å². The van der Waals surface area contributed by atoms with E-state index in [1.54, 1.807) is 16.3 Å². The molecule has 0 radical (unpaired) electrons. The van der Waals surface area contributed by atoms with E-state index >= 15 is 0 Å². The molecule has 2 aliphatic heterocycles. The van der Waals surface area contributed by atoms with Crippen LogP contribution in [0, 0.1) is 0 Å². The maximum absolute atomic E-state index is 13.1. The molecule has 4 nitrogen and oxygen atoms in total. The lowest BCUT2D eigenvalue weighted by atomic mass is 10.0. The minimum atomic E-state index is -0.113. The van der Waals surface area contributed by atoms with Gasteiger partial charge in [-0.05, 0) is 29.1 Å². The van der Waals surface area contributed by atoms with Crippen molar-refractivity contribution in [3.8, 4) is 0 Å². The predicted molar refractivity (Wildman–Crippen MR) is 130 cm³/mol. The molecule has 1 amide bonds. The molecule has 29 heavy (non-hydrogen) atoms. The second-order valence-corrected chi connectivity index (χ2v) is 10.9. The number of hydrogen-bond donors (Lipinski definition) is 0. The van der Waals surface area contributed by atoms with Crippen LogP contribution in [0.1, 0.15) is 22.9 Å². The number of thiophene rings is 1. The summed E-state index contributed by atoms with van der Waals surface area (Å²) in [4.78, 5) is 16.4. The van der Waals surface area contributed by atoms with Crippen LogP contribution in [-0.2, 0) is 4.79 Å². The Kier molecular flexibility index (Phi) is 7.18. The molecule has 0 spiro atoms. The van der Waals surface area contributed by atoms with Crippen molar-refractivity contribution >= 4 is 74.6 Å². The van der Waals surface area contributed by atoms with E-state index in [4.69, 9.17) is 28.9 Å². The van der Waals surface area contributed by atoms with Gasteiger partial charge in [-0.3, -0.25) is 4.79 Å². The van der Waals surface area contributed by atoms with Crippen LogP contribution in [-0.4, -0.2) is 56.2 Å². The summed E-state index contributed by atoms with van der Waals surface area (Å²) in [5.41, 5.74) is 1.99. The zero-order valence-corrected chi connectivity index (χ0v) is 19.6. The highest BCUT2D eigenvalue weighted by molar-refractivity contribution is 8.23. The third kappa shape index (κ3) is 5.17. The van der Waals surface area contributed by atoms with E-state index in [1.807, 2.05) is 47.5 Å². The summed E-state index contributed by atoms with van der Waals surface area (Å²) in [6, 6.07) is 11.6. The van der Waals surface area contributed by atoms with Gasteiger partial charge in [-0.15, -0.1) is 11.3 Å². The highest BCUT2D eigenvalue weighted by atomic mass is 35.5. The van der Waals surface area contributed by atoms with Gasteiger partial charge in [0, 0.05) is 36.0 Å². The summed E-state index contributed by atoms with van der Waals surface area (Å²) in [5, 5.41) is 9.06. The smallest absolute Gasteiger partial charge is 0.253 e. The number of nitrogens with zero attached hydrogens (tertiary/aromatic N) is 3. The average molecular weight is 482 g/mol. The summed E-state index contributed by atoms with van der Waals surface area (Å²) in [5.74, 6) is 2.46. The Labute approximate surface area is 193 Å². The van der Waals surface area contributed by atoms with Crippen molar-refractivity contribution in [3.05, 3.63) is 57.2 Å². The van der Waals surface area contributed by atoms with Crippen LogP contribution in [0.2, 0.25) is 5.02 Å². The van der Waals surface area contributed by atoms with E-state index in [9.17, 15) is 4.79 Å². The fraction of sp³-hybridized carbons (Fsp3) is 0.350. The van der Waals surface area contributed by atoms with Crippen molar-refractivity contribution in [2.75, 3.05) is 30.3 Å². The molecular formula is C20H20ClN3OS4. The topological polar surface area (TPSA) is 35.9 Å². The summed E-state index contributed by atoms with van der Waals surface area (Å²) < 4.78 is 0.809. The van der Waals surface area contributed by atoms with Gasteiger partial charge in [-0.2, -0.15) is 16.9 Å². The first-order valence-corrected chi connectivity index (χ1v) is 13.1. The molecular weight excluding hydrogens is 462 g/mol. The number of hydrogen-bond acceptors (Lipinski definition) is 6. The number of amides is 1. The lowest BCUT2D eigenvalue weighted by molar-refractivity contribution is -0.130. The van der Waals surface area contributed by atoms with Gasteiger partial charge in [-0.1, -0.05) is 53.8 Å². The molecule has 152 valence electrons. The van der Waals surface area contributed by atoms with Crippen molar-refractivity contribution in [2.45, 2.75) is 12.5 Å². The quantitative estimate of drug-likeness (QED) is 0.564. The summed E-state index contributed by atoms with van der Waals surface area (Å²) in [7, 11) is 0. The van der Waals surface area contributed by atoms with E-state index in [0.29, 0.717) is 17.2 Å². The molecule has 1 saturated heterocycles. The largest absolute Gasteiger partial charge is 0.356 e. The molecule has 1 fully saturated rings. The molecule has 1 aromatic heterocycles. The lowest BCUT2D eigenvalue weighted by Crippen LogP contribution is -2.36. The normalized spacial score (nSPS) is 19.3. The van der Waals surface area contributed by atoms with Gasteiger partial charge < -0.3 is 4.90 Å². The highest BCUT2D eigenvalue weighted by Crippen LogP contribution is 2.34. The Balaban J connectivity index is 1.48. The van der Waals surface area contributed by atoms with E-state index in [-0.39, 0.29) is 11.9 Å². The Hall–Kier alpha value is -1.06. The molecule has 1 atom stereocenters. The van der Waals surface area contributed by atoms with E-state index < -0.39 is 0 Å². The van der Waals surface area contributed by atoms with Crippen LogP contribution in [0.3, 0.4) is 0 Å². The number of hydrazone groups is 1. The molecule has 3 heterocycles. The van der Waals surface area contributed by atoms with Crippen molar-refractivity contribution in [3.63, 3.8) is 0 Å². The van der Waals surface area contributed by atoms with Crippen molar-refractivity contribution in [2.24, 2.45) is 5.10 Å². The van der Waals surface area contributed by atoms with Crippen molar-refractivity contribution in [1.82, 2.24) is 9.91 Å². The molecule has 2 aliphatic rings. The van der Waals surface area contributed by atoms with E-state index in [1.165, 1.54) is 11.8 Å². The minimum absolute atomic E-state index is 0.0183. The molecule has 4 rings (SSSR count). The van der Waals surface area contributed by atoms with Crippen LogP contribution >= 0.6 is 58.7 Å².